The van der Waals surface area contributed by atoms with Gasteiger partial charge in [0, 0.05) is 23.3 Å². The molecule has 1 amide bonds. The number of hydrogen-bond donors (Lipinski definition) is 5. The smallest absolute Gasteiger partial charge is 0.255 e. The average Bonchev–Trinajstić information content (AvgIpc) is 2.70. The summed E-state index contributed by atoms with van der Waals surface area (Å²) in [5.74, 6) is -6.18. The van der Waals surface area contributed by atoms with Crippen LogP contribution in [0, 0.1) is 11.8 Å². The van der Waals surface area contributed by atoms with Crippen LogP contribution in [0.25, 0.3) is 16.5 Å². The van der Waals surface area contributed by atoms with Crippen LogP contribution in [0.5, 0.6) is 5.75 Å². The monoisotopic (exact) mass is 421 g/mol. The lowest BCUT2D eigenvalue weighted by Crippen LogP contribution is -2.58. The van der Waals surface area contributed by atoms with Crippen molar-refractivity contribution in [3.63, 3.8) is 0 Å². The Bertz CT molecular complexity index is 1290. The van der Waals surface area contributed by atoms with Gasteiger partial charge in [0.15, 0.2) is 11.4 Å². The predicted molar refractivity (Wildman–Crippen MR) is 109 cm³/mol. The van der Waals surface area contributed by atoms with E-state index in [4.69, 9.17) is 5.73 Å². The second-order valence-electron chi connectivity index (χ2n) is 8.39. The summed E-state index contributed by atoms with van der Waals surface area (Å²) in [6, 6.07) is 8.89. The van der Waals surface area contributed by atoms with E-state index in [1.54, 1.807) is 12.1 Å². The summed E-state index contributed by atoms with van der Waals surface area (Å²) >= 11 is 0. The van der Waals surface area contributed by atoms with Crippen LogP contribution in [0.2, 0.25) is 0 Å². The van der Waals surface area contributed by atoms with Crippen molar-refractivity contribution in [2.75, 3.05) is 0 Å². The molecule has 0 aromatic heterocycles. The Hall–Kier alpha value is -3.65. The summed E-state index contributed by atoms with van der Waals surface area (Å²) in [7, 11) is 0. The van der Waals surface area contributed by atoms with E-state index in [9.17, 15) is 34.8 Å². The number of benzene rings is 2. The van der Waals surface area contributed by atoms with Crippen LogP contribution in [0.1, 0.15) is 24.0 Å². The van der Waals surface area contributed by atoms with E-state index in [1.807, 2.05) is 18.2 Å². The van der Waals surface area contributed by atoms with Crippen molar-refractivity contribution in [2.45, 2.75) is 24.9 Å². The van der Waals surface area contributed by atoms with Gasteiger partial charge in [-0.05, 0) is 29.7 Å². The molecule has 2 aromatic carbocycles. The number of primary amides is 1. The number of phenolic OH excluding ortho intramolecular Hbond substituents is 1. The number of carbonyl (C=O) groups excluding carboxylic acids is 3. The van der Waals surface area contributed by atoms with Crippen molar-refractivity contribution >= 4 is 34.0 Å². The second-order valence-corrected chi connectivity index (χ2v) is 8.39. The van der Waals surface area contributed by atoms with E-state index >= 15 is 0 Å². The molecule has 0 spiro atoms. The van der Waals surface area contributed by atoms with E-state index < -0.39 is 52.0 Å². The Labute approximate surface area is 175 Å². The fraction of sp³-hybridized carbons (Fsp3) is 0.261. The largest absolute Gasteiger partial charge is 0.508 e. The van der Waals surface area contributed by atoms with Gasteiger partial charge in [0.2, 0.25) is 5.78 Å². The molecule has 3 atom stereocenters. The van der Waals surface area contributed by atoms with Gasteiger partial charge in [-0.3, -0.25) is 14.4 Å². The molecule has 0 saturated heterocycles. The minimum absolute atomic E-state index is 0.103. The second kappa shape index (κ2) is 6.18. The summed E-state index contributed by atoms with van der Waals surface area (Å²) in [5.41, 5.74) is 2.44. The Kier molecular flexibility index (Phi) is 3.85. The molecule has 3 aliphatic rings. The first-order chi connectivity index (χ1) is 14.7. The number of phenols is 1. The number of hydrogen-bond acceptors (Lipinski definition) is 7. The van der Waals surface area contributed by atoms with Crippen molar-refractivity contribution in [3.05, 3.63) is 58.4 Å². The molecule has 0 heterocycles. The van der Waals surface area contributed by atoms with E-state index in [0.29, 0.717) is 17.4 Å². The molecular weight excluding hydrogens is 402 g/mol. The van der Waals surface area contributed by atoms with Gasteiger partial charge in [-0.15, -0.1) is 0 Å². The van der Waals surface area contributed by atoms with Crippen LogP contribution in [-0.4, -0.2) is 43.5 Å². The molecule has 3 aliphatic carbocycles. The average molecular weight is 421 g/mol. The predicted octanol–water partition coefficient (Wildman–Crippen LogP) is 1.58. The van der Waals surface area contributed by atoms with E-state index in [1.165, 1.54) is 0 Å². The van der Waals surface area contributed by atoms with Crippen molar-refractivity contribution < 1.29 is 34.8 Å². The third-order valence-corrected chi connectivity index (χ3v) is 6.78. The number of rotatable bonds is 1. The number of ketones is 2. The van der Waals surface area contributed by atoms with Crippen LogP contribution in [0.15, 0.2) is 47.2 Å². The SMILES string of the molecule is NC(=O)C1=C(O)[C@@]2(O)C(=O)C3=C(O)c4c(cc5ccccc5c4O)CC3C[C@H]2CC1=O. The molecule has 158 valence electrons. The molecule has 6 N–H and O–H groups in total. The molecule has 1 unspecified atom stereocenters. The van der Waals surface area contributed by atoms with Gasteiger partial charge in [-0.2, -0.15) is 0 Å². The summed E-state index contributed by atoms with van der Waals surface area (Å²) in [4.78, 5) is 37.4. The number of fused-ring (bicyclic) bond motifs is 4. The van der Waals surface area contributed by atoms with Crippen LogP contribution in [0.4, 0.5) is 0 Å². The maximum absolute atomic E-state index is 13.4. The first kappa shape index (κ1) is 19.3. The maximum Gasteiger partial charge on any atom is 0.255 e. The van der Waals surface area contributed by atoms with E-state index in [-0.39, 0.29) is 29.7 Å². The normalized spacial score (nSPS) is 27.8. The van der Waals surface area contributed by atoms with E-state index in [0.717, 1.165) is 5.39 Å². The minimum Gasteiger partial charge on any atom is -0.508 e. The Morgan fingerprint density at radius 1 is 1.10 bits per heavy atom. The van der Waals surface area contributed by atoms with Crippen LogP contribution in [-0.2, 0) is 20.8 Å². The summed E-state index contributed by atoms with van der Waals surface area (Å²) in [6.45, 7) is 0. The third-order valence-electron chi connectivity index (χ3n) is 6.78. The van der Waals surface area contributed by atoms with Crippen LogP contribution in [0.3, 0.4) is 0 Å². The minimum atomic E-state index is -2.54. The molecule has 2 aromatic rings. The zero-order chi connectivity index (χ0) is 22.2. The topological polar surface area (TPSA) is 158 Å². The zero-order valence-electron chi connectivity index (χ0n) is 16.3. The third kappa shape index (κ3) is 2.36. The van der Waals surface area contributed by atoms with Gasteiger partial charge in [0.1, 0.15) is 22.8 Å². The van der Waals surface area contributed by atoms with Gasteiger partial charge in [0.25, 0.3) is 5.91 Å². The lowest BCUT2D eigenvalue weighted by Gasteiger charge is -2.46. The fourth-order valence-corrected chi connectivity index (χ4v) is 5.34. The maximum atomic E-state index is 13.4. The number of nitrogens with two attached hydrogens (primary N) is 1. The number of aliphatic hydroxyl groups is 3. The number of Topliss-reactive ketones (excluding diaryl/α,β-unsaturated/α-hetero) is 2. The molecule has 1 fully saturated rings. The summed E-state index contributed by atoms with van der Waals surface area (Å²) in [5, 5.41) is 44.8. The lowest BCUT2D eigenvalue weighted by atomic mass is 9.59. The Balaban J connectivity index is 1.74. The van der Waals surface area contributed by atoms with Crippen LogP contribution < -0.4 is 5.73 Å². The molecule has 0 aliphatic heterocycles. The van der Waals surface area contributed by atoms with Gasteiger partial charge in [-0.25, -0.2) is 0 Å². The molecule has 5 rings (SSSR count). The highest BCUT2D eigenvalue weighted by molar-refractivity contribution is 6.22. The van der Waals surface area contributed by atoms with Crippen LogP contribution >= 0.6 is 0 Å². The van der Waals surface area contributed by atoms with Gasteiger partial charge in [-0.1, -0.05) is 30.3 Å². The van der Waals surface area contributed by atoms with Crippen molar-refractivity contribution in [2.24, 2.45) is 17.6 Å². The van der Waals surface area contributed by atoms with Gasteiger partial charge < -0.3 is 26.2 Å². The highest BCUT2D eigenvalue weighted by Gasteiger charge is 2.60. The number of aliphatic hydroxyl groups excluding tert-OH is 2. The van der Waals surface area contributed by atoms with E-state index in [2.05, 4.69) is 0 Å². The van der Waals surface area contributed by atoms with Gasteiger partial charge >= 0.3 is 0 Å². The van der Waals surface area contributed by atoms with Crippen molar-refractivity contribution in [1.82, 2.24) is 0 Å². The van der Waals surface area contributed by atoms with Crippen molar-refractivity contribution in [1.29, 1.82) is 0 Å². The number of carbonyl (C=O) groups is 3. The molecule has 31 heavy (non-hydrogen) atoms. The molecule has 0 bridgehead atoms. The summed E-state index contributed by atoms with van der Waals surface area (Å²) in [6.07, 6.45) is 0.0915. The van der Waals surface area contributed by atoms with Gasteiger partial charge in [0.05, 0.1) is 5.56 Å². The molecular formula is C23H19NO7. The highest BCUT2D eigenvalue weighted by atomic mass is 16.3. The first-order valence-electron chi connectivity index (χ1n) is 9.87. The molecule has 0 radical (unpaired) electrons. The molecule has 1 saturated carbocycles. The fourth-order valence-electron chi connectivity index (χ4n) is 5.34. The Morgan fingerprint density at radius 2 is 1.81 bits per heavy atom. The van der Waals surface area contributed by atoms with Crippen molar-refractivity contribution in [3.8, 4) is 5.75 Å². The number of aromatic hydroxyl groups is 1. The molecule has 8 heteroatoms. The highest BCUT2D eigenvalue weighted by Crippen LogP contribution is 2.52. The zero-order valence-corrected chi connectivity index (χ0v) is 16.3. The number of amides is 1. The molecule has 8 nitrogen and oxygen atoms in total. The lowest BCUT2D eigenvalue weighted by molar-refractivity contribution is -0.147. The first-order valence-corrected chi connectivity index (χ1v) is 9.87. The summed E-state index contributed by atoms with van der Waals surface area (Å²) < 4.78 is 0. The standard InChI is InChI=1S/C23H19NO7/c24-22(30)17-14(25)8-12-7-11-6-10-5-9-3-1-2-4-13(9)18(26)15(10)19(27)16(11)20(28)23(12,31)21(17)29/h1-5,11-12,26-27,29,31H,6-8H2,(H2,24,30)/t11?,12-,23-/m0/s1. The quantitative estimate of drug-likeness (QED) is 0.437. The Morgan fingerprint density at radius 3 is 2.52 bits per heavy atom.